The fraction of sp³-hybridized carbons (Fsp3) is 0.944. The van der Waals surface area contributed by atoms with Crippen molar-refractivity contribution < 1.29 is 48.1 Å². The Balaban J connectivity index is -0.000000754. The summed E-state index contributed by atoms with van der Waals surface area (Å²) in [5, 5.41) is 40.6. The third-order valence-electron chi connectivity index (χ3n) is 8.29. The summed E-state index contributed by atoms with van der Waals surface area (Å²) in [6, 6.07) is 0. The van der Waals surface area contributed by atoms with Gasteiger partial charge in [0.25, 0.3) is 10.1 Å². The summed E-state index contributed by atoms with van der Waals surface area (Å²) in [6.07, 6.45) is 23.3. The Bertz CT molecular complexity index is 778. The van der Waals surface area contributed by atoms with Gasteiger partial charge in [-0.15, -0.1) is 0 Å². The molecule has 0 aromatic heterocycles. The topological polar surface area (TPSA) is 268 Å². The quantitative estimate of drug-likeness (QED) is 0.0309. The maximum atomic E-state index is 12.4. The molecule has 0 saturated heterocycles. The molecule has 0 aliphatic carbocycles. The highest BCUT2D eigenvalue weighted by atomic mass is 32.2. The van der Waals surface area contributed by atoms with Crippen LogP contribution in [0.1, 0.15) is 168 Å². The maximum absolute atomic E-state index is 12.4. The van der Waals surface area contributed by atoms with Crippen molar-refractivity contribution in [2.45, 2.75) is 173 Å². The molecule has 1 unspecified atom stereocenters. The van der Waals surface area contributed by atoms with Crippen LogP contribution in [0.15, 0.2) is 0 Å². The van der Waals surface area contributed by atoms with E-state index in [1.807, 2.05) is 0 Å². The first kappa shape index (κ1) is 55.4. The molecule has 0 aliphatic heterocycles. The summed E-state index contributed by atoms with van der Waals surface area (Å²) in [4.78, 5) is 24.3. The van der Waals surface area contributed by atoms with Crippen LogP contribution >= 0.6 is 0 Å². The third kappa shape index (κ3) is 36.4. The minimum atomic E-state index is -5.08. The molecular formula is C36H79N3O10S. The molecule has 0 aromatic carbocycles. The van der Waals surface area contributed by atoms with Crippen LogP contribution in [0, 0.1) is 5.41 Å². The number of aliphatic hydroxyl groups excluding tert-OH is 3. The molecule has 13 nitrogen and oxygen atoms in total. The van der Waals surface area contributed by atoms with Gasteiger partial charge in [-0.05, 0) is 12.8 Å². The first-order valence-corrected chi connectivity index (χ1v) is 20.7. The number of aliphatic hydroxyl groups is 3. The van der Waals surface area contributed by atoms with Gasteiger partial charge in [0.1, 0.15) is 0 Å². The zero-order valence-corrected chi connectivity index (χ0v) is 32.6. The number of rotatable bonds is 31. The Hall–Kier alpha value is -1.39. The van der Waals surface area contributed by atoms with Crippen molar-refractivity contribution >= 4 is 22.1 Å². The summed E-state index contributed by atoms with van der Waals surface area (Å²) in [5.41, 5.74) is 12.3. The van der Waals surface area contributed by atoms with Crippen molar-refractivity contribution in [3.05, 3.63) is 0 Å². The van der Waals surface area contributed by atoms with E-state index in [2.05, 4.69) is 13.8 Å². The van der Waals surface area contributed by atoms with Crippen molar-refractivity contribution in [2.24, 2.45) is 22.6 Å². The Morgan fingerprint density at radius 1 is 0.520 bits per heavy atom. The second-order valence-corrected chi connectivity index (χ2v) is 14.3. The number of carbonyl (C=O) groups is 2. The van der Waals surface area contributed by atoms with Gasteiger partial charge in [-0.3, -0.25) is 14.1 Å². The van der Waals surface area contributed by atoms with Crippen LogP contribution in [0.3, 0.4) is 0 Å². The van der Waals surface area contributed by atoms with Gasteiger partial charge in [0.15, 0.2) is 5.25 Å². The van der Waals surface area contributed by atoms with E-state index in [-0.39, 0.29) is 32.7 Å². The molecular weight excluding hydrogens is 666 g/mol. The second kappa shape index (κ2) is 42.0. The van der Waals surface area contributed by atoms with E-state index in [1.165, 1.54) is 77.0 Å². The van der Waals surface area contributed by atoms with Crippen molar-refractivity contribution in [2.75, 3.05) is 39.5 Å². The summed E-state index contributed by atoms with van der Waals surface area (Å²) in [6.45, 7) is 5.82. The van der Waals surface area contributed by atoms with E-state index < -0.39 is 32.7 Å². The highest BCUT2D eigenvalue weighted by molar-refractivity contribution is 7.87. The van der Waals surface area contributed by atoms with Crippen molar-refractivity contribution in [1.29, 1.82) is 0 Å². The van der Waals surface area contributed by atoms with Gasteiger partial charge in [-0.2, -0.15) is 8.42 Å². The van der Waals surface area contributed by atoms with Crippen LogP contribution in [-0.4, -0.2) is 95.1 Å². The number of carboxylic acids is 2. The molecule has 0 bridgehead atoms. The average Bonchev–Trinajstić information content (AvgIpc) is 3.08. The van der Waals surface area contributed by atoms with Gasteiger partial charge in [0.05, 0.1) is 25.2 Å². The van der Waals surface area contributed by atoms with Crippen LogP contribution < -0.4 is 17.2 Å². The fourth-order valence-electron chi connectivity index (χ4n) is 5.57. The monoisotopic (exact) mass is 746 g/mol. The number of hydrogen-bond donors (Lipinski definition) is 9. The summed E-state index contributed by atoms with van der Waals surface area (Å²) in [5.74, 6) is -3.23. The van der Waals surface area contributed by atoms with Gasteiger partial charge in [-0.1, -0.05) is 155 Å². The largest absolute Gasteiger partial charge is 0.481 e. The molecule has 0 radical (unpaired) electrons. The first-order valence-electron chi connectivity index (χ1n) is 19.2. The normalized spacial score (nSPS) is 11.7. The van der Waals surface area contributed by atoms with Crippen LogP contribution in [0.25, 0.3) is 0 Å². The van der Waals surface area contributed by atoms with Crippen LogP contribution in [0.4, 0.5) is 0 Å². The Morgan fingerprint density at radius 3 is 0.900 bits per heavy atom. The van der Waals surface area contributed by atoms with E-state index in [9.17, 15) is 32.8 Å². The Morgan fingerprint density at radius 2 is 0.740 bits per heavy atom. The van der Waals surface area contributed by atoms with Crippen LogP contribution in [-0.2, 0) is 19.7 Å². The lowest BCUT2D eigenvalue weighted by atomic mass is 9.74. The zero-order valence-electron chi connectivity index (χ0n) is 31.7. The first-order chi connectivity index (χ1) is 23.9. The predicted octanol–water partition coefficient (Wildman–Crippen LogP) is 5.61. The van der Waals surface area contributed by atoms with E-state index in [0.717, 1.165) is 51.4 Å². The number of hydrogen-bond acceptors (Lipinski definition) is 10. The lowest BCUT2D eigenvalue weighted by Gasteiger charge is -2.33. The molecule has 50 heavy (non-hydrogen) atoms. The summed E-state index contributed by atoms with van der Waals surface area (Å²) in [7, 11) is -5.08. The molecule has 0 fully saturated rings. The van der Waals surface area contributed by atoms with Gasteiger partial charge in [0.2, 0.25) is 0 Å². The molecule has 1 atom stereocenters. The standard InChI is InChI=1S/C30H58O7S.3C2H7NO/c1-3-5-7-9-11-13-15-17-19-21-23-25-30(29(33)34,27(28(31)32)38(35,36)37)26-24-22-20-18-16-14-12-10-8-6-4-2;3*3-1-2-4/h27H,3-26H2,1-2H3,(H,31,32)(H,33,34)(H,35,36,37);3*4H,1-3H2. The number of aliphatic carboxylic acids is 2. The lowest BCUT2D eigenvalue weighted by molar-refractivity contribution is -0.156. The Labute approximate surface area is 304 Å². The number of unbranched alkanes of at least 4 members (excludes halogenated alkanes) is 20. The van der Waals surface area contributed by atoms with E-state index >= 15 is 0 Å². The van der Waals surface area contributed by atoms with Crippen molar-refractivity contribution in [3.63, 3.8) is 0 Å². The minimum absolute atomic E-state index is 0.0616. The molecule has 0 rings (SSSR count). The molecule has 0 aromatic rings. The van der Waals surface area contributed by atoms with E-state index in [1.54, 1.807) is 0 Å². The van der Waals surface area contributed by atoms with Gasteiger partial charge in [0, 0.05) is 19.6 Å². The molecule has 12 N–H and O–H groups in total. The average molecular weight is 746 g/mol. The van der Waals surface area contributed by atoms with Gasteiger partial charge in [-0.25, -0.2) is 0 Å². The summed E-state index contributed by atoms with van der Waals surface area (Å²) >= 11 is 0. The third-order valence-corrected chi connectivity index (χ3v) is 9.54. The van der Waals surface area contributed by atoms with Crippen molar-refractivity contribution in [1.82, 2.24) is 0 Å². The molecule has 0 aliphatic rings. The fourth-order valence-corrected chi connectivity index (χ4v) is 6.73. The number of nitrogens with two attached hydrogens (primary N) is 3. The molecule has 0 heterocycles. The second-order valence-electron chi connectivity index (χ2n) is 12.8. The van der Waals surface area contributed by atoms with E-state index in [0.29, 0.717) is 32.5 Å². The van der Waals surface area contributed by atoms with Crippen molar-refractivity contribution in [3.8, 4) is 0 Å². The summed E-state index contributed by atoms with van der Waals surface area (Å²) < 4.78 is 33.8. The number of carboxylic acid groups (broad SMARTS) is 2. The predicted molar refractivity (Wildman–Crippen MR) is 204 cm³/mol. The zero-order chi connectivity index (χ0) is 38.9. The highest BCUT2D eigenvalue weighted by Gasteiger charge is 2.55. The molecule has 14 heteroatoms. The van der Waals surface area contributed by atoms with Crippen LogP contribution in [0.2, 0.25) is 0 Å². The smallest absolute Gasteiger partial charge is 0.325 e. The van der Waals surface area contributed by atoms with Gasteiger partial charge >= 0.3 is 11.9 Å². The van der Waals surface area contributed by atoms with E-state index in [4.69, 9.17) is 32.5 Å². The molecule has 0 saturated carbocycles. The minimum Gasteiger partial charge on any atom is -0.481 e. The van der Waals surface area contributed by atoms with Gasteiger partial charge < -0.3 is 42.7 Å². The SMILES string of the molecule is CCCCCCCCCCCCCC(CCCCCCCCCCCCC)(C(=O)O)C(C(=O)O)S(=O)(=O)O.NCCO.NCCO.NCCO. The molecule has 304 valence electrons. The van der Waals surface area contributed by atoms with Crippen LogP contribution in [0.5, 0.6) is 0 Å². The maximum Gasteiger partial charge on any atom is 0.325 e. The molecule has 0 spiro atoms. The highest BCUT2D eigenvalue weighted by Crippen LogP contribution is 2.39. The Kier molecular flexibility index (Phi) is 46.5. The lowest BCUT2D eigenvalue weighted by Crippen LogP contribution is -2.51. The molecule has 0 amide bonds.